The fraction of sp³-hybridized carbons (Fsp3) is 0. The minimum atomic E-state index is -0.179. The van der Waals surface area contributed by atoms with Crippen LogP contribution in [0.15, 0.2) is 18.2 Å². The van der Waals surface area contributed by atoms with Crippen LogP contribution in [0.1, 0.15) is 5.56 Å². The summed E-state index contributed by atoms with van der Waals surface area (Å²) in [7, 11) is 0. The maximum absolute atomic E-state index is 12.0. The summed E-state index contributed by atoms with van der Waals surface area (Å²) in [5.74, 6) is 0.783. The van der Waals surface area contributed by atoms with Gasteiger partial charge in [-0.1, -0.05) is 29.3 Å². The summed E-state index contributed by atoms with van der Waals surface area (Å²) in [5, 5.41) is 3.76. The molecule has 1 N–H and O–H groups in total. The van der Waals surface area contributed by atoms with Gasteiger partial charge >= 0.3 is 0 Å². The lowest BCUT2D eigenvalue weighted by Gasteiger charge is -2.05. The zero-order chi connectivity index (χ0) is 12.7. The van der Waals surface area contributed by atoms with Gasteiger partial charge in [0, 0.05) is 17.1 Å². The molecule has 5 radical (unpaired) electrons. The molecule has 1 aliphatic carbocycles. The molecule has 1 amide bonds. The molecule has 0 saturated heterocycles. The maximum atomic E-state index is 12.0. The summed E-state index contributed by atoms with van der Waals surface area (Å²) in [6.07, 6.45) is 9.50. The Morgan fingerprint density at radius 3 is 2.44 bits per heavy atom. The summed E-state index contributed by atoms with van der Waals surface area (Å²) in [5.41, 5.74) is 1.81. The summed E-state index contributed by atoms with van der Waals surface area (Å²) in [4.78, 5) is 12.0. The van der Waals surface area contributed by atoms with Crippen LogP contribution in [0.5, 0.6) is 0 Å². The smallest absolute Gasteiger partial charge is 0.256 e. The molecule has 1 aromatic carbocycles. The van der Waals surface area contributed by atoms with Crippen LogP contribution in [-0.2, 0) is 4.79 Å². The van der Waals surface area contributed by atoms with Crippen LogP contribution in [0.2, 0.25) is 10.0 Å². The van der Waals surface area contributed by atoms with E-state index in [2.05, 4.69) is 5.32 Å². The molecule has 1 aliphatic heterocycles. The van der Waals surface area contributed by atoms with Crippen LogP contribution >= 0.6 is 23.2 Å². The minimum Gasteiger partial charge on any atom is -0.320 e. The fourth-order valence-corrected chi connectivity index (χ4v) is 2.49. The SMILES string of the molecule is O=C1Nc2c(Cl)ccc(Cl)c2/C1=C\[C]1[CH][CH][CH][CH]1. The van der Waals surface area contributed by atoms with Crippen LogP contribution in [0.3, 0.4) is 0 Å². The number of rotatable bonds is 1. The van der Waals surface area contributed by atoms with E-state index in [-0.39, 0.29) is 5.91 Å². The van der Waals surface area contributed by atoms with Crippen LogP contribution in [0.25, 0.3) is 5.57 Å². The van der Waals surface area contributed by atoms with Gasteiger partial charge in [0.05, 0.1) is 15.7 Å². The molecule has 2 aliphatic rings. The molecule has 3 rings (SSSR count). The second-order valence-corrected chi connectivity index (χ2v) is 4.82. The van der Waals surface area contributed by atoms with E-state index >= 15 is 0 Å². The predicted molar refractivity (Wildman–Crippen MR) is 73.5 cm³/mol. The summed E-state index contributed by atoms with van der Waals surface area (Å²) < 4.78 is 0. The first-order valence-electron chi connectivity index (χ1n) is 5.40. The monoisotopic (exact) mass is 276 g/mol. The highest BCUT2D eigenvalue weighted by molar-refractivity contribution is 6.44. The van der Waals surface area contributed by atoms with Gasteiger partial charge < -0.3 is 5.32 Å². The van der Waals surface area contributed by atoms with Gasteiger partial charge in [-0.25, -0.2) is 0 Å². The minimum absolute atomic E-state index is 0.179. The summed E-state index contributed by atoms with van der Waals surface area (Å²) in [6.45, 7) is 0. The highest BCUT2D eigenvalue weighted by Gasteiger charge is 2.30. The van der Waals surface area contributed by atoms with E-state index in [4.69, 9.17) is 23.2 Å². The Balaban J connectivity index is 2.08. The van der Waals surface area contributed by atoms with Gasteiger partial charge in [-0.05, 0) is 37.8 Å². The van der Waals surface area contributed by atoms with Gasteiger partial charge in [0.25, 0.3) is 5.91 Å². The second-order valence-electron chi connectivity index (χ2n) is 4.01. The number of hydrogen-bond donors (Lipinski definition) is 1. The fourth-order valence-electron chi connectivity index (χ4n) is 2.02. The number of benzene rings is 1. The predicted octanol–water partition coefficient (Wildman–Crippen LogP) is 3.73. The van der Waals surface area contributed by atoms with Crippen LogP contribution in [-0.4, -0.2) is 5.91 Å². The van der Waals surface area contributed by atoms with Crippen molar-refractivity contribution < 1.29 is 4.79 Å². The molecule has 1 heterocycles. The molecule has 4 heteroatoms. The third-order valence-corrected chi connectivity index (χ3v) is 3.49. The molecular formula is C14H8Cl2NO. The molecule has 0 spiro atoms. The molecule has 0 bridgehead atoms. The van der Waals surface area contributed by atoms with Gasteiger partial charge in [0.1, 0.15) is 0 Å². The number of anilines is 1. The third-order valence-electron chi connectivity index (χ3n) is 2.86. The number of allylic oxidation sites excluding steroid dienone is 1. The number of carbonyl (C=O) groups excluding carboxylic acids is 1. The quantitative estimate of drug-likeness (QED) is 0.778. The van der Waals surface area contributed by atoms with E-state index in [1.165, 1.54) is 0 Å². The highest BCUT2D eigenvalue weighted by Crippen LogP contribution is 2.43. The van der Waals surface area contributed by atoms with Crippen LogP contribution in [0.4, 0.5) is 5.69 Å². The van der Waals surface area contributed by atoms with Crippen molar-refractivity contribution in [1.82, 2.24) is 0 Å². The zero-order valence-corrected chi connectivity index (χ0v) is 10.7. The Hall–Kier alpha value is -0.990. The number of nitrogens with one attached hydrogen (secondary N) is 1. The lowest BCUT2D eigenvalue weighted by molar-refractivity contribution is -0.110. The Morgan fingerprint density at radius 1 is 1.06 bits per heavy atom. The van der Waals surface area contributed by atoms with E-state index in [1.807, 2.05) is 31.8 Å². The van der Waals surface area contributed by atoms with Crippen molar-refractivity contribution in [2.75, 3.05) is 5.32 Å². The van der Waals surface area contributed by atoms with Gasteiger partial charge in [-0.3, -0.25) is 4.79 Å². The van der Waals surface area contributed by atoms with Crippen LogP contribution in [0, 0.1) is 31.6 Å². The first-order chi connectivity index (χ1) is 8.66. The molecule has 1 aromatic rings. The molecule has 89 valence electrons. The second kappa shape index (κ2) is 4.60. The number of amides is 1. The van der Waals surface area contributed by atoms with Gasteiger partial charge in [0.15, 0.2) is 0 Å². The molecule has 1 saturated carbocycles. The molecular weight excluding hydrogens is 269 g/mol. The summed E-state index contributed by atoms with van der Waals surface area (Å²) in [6, 6.07) is 3.37. The first kappa shape index (κ1) is 12.1. The van der Waals surface area contributed by atoms with Crippen molar-refractivity contribution in [2.45, 2.75) is 0 Å². The Bertz CT molecular complexity index is 545. The average Bonchev–Trinajstić information content (AvgIpc) is 2.95. The molecule has 2 nitrogen and oxygen atoms in total. The van der Waals surface area contributed by atoms with Gasteiger partial charge in [0.2, 0.25) is 0 Å². The lowest BCUT2D eigenvalue weighted by atomic mass is 9.99. The first-order valence-corrected chi connectivity index (χ1v) is 6.15. The molecule has 18 heavy (non-hydrogen) atoms. The molecule has 0 unspecified atom stereocenters. The van der Waals surface area contributed by atoms with Crippen molar-refractivity contribution in [3.8, 4) is 0 Å². The van der Waals surface area contributed by atoms with Crippen LogP contribution < -0.4 is 5.32 Å². The average molecular weight is 277 g/mol. The number of hydrogen-bond acceptors (Lipinski definition) is 1. The van der Waals surface area contributed by atoms with Crippen molar-refractivity contribution in [1.29, 1.82) is 0 Å². The van der Waals surface area contributed by atoms with Crippen molar-refractivity contribution >= 4 is 40.4 Å². The van der Waals surface area contributed by atoms with E-state index < -0.39 is 0 Å². The topological polar surface area (TPSA) is 29.1 Å². The van der Waals surface area contributed by atoms with Crippen molar-refractivity contribution in [2.24, 2.45) is 0 Å². The molecule has 0 atom stereocenters. The zero-order valence-electron chi connectivity index (χ0n) is 9.21. The standard InChI is InChI=1S/C14H8Cl2NO/c15-10-5-6-11(16)13-12(10)9(14(18)17-13)7-8-3-1-2-4-8/h1-7H,(H,17,18)/b9-7+. The van der Waals surface area contributed by atoms with Crippen molar-refractivity contribution in [3.05, 3.63) is 65.4 Å². The van der Waals surface area contributed by atoms with E-state index in [0.29, 0.717) is 26.9 Å². The Kier molecular flexibility index (Phi) is 3.08. The summed E-state index contributed by atoms with van der Waals surface area (Å²) >= 11 is 12.2. The number of halogens is 2. The molecule has 1 fully saturated rings. The highest BCUT2D eigenvalue weighted by atomic mass is 35.5. The third kappa shape index (κ3) is 1.94. The van der Waals surface area contributed by atoms with E-state index in [9.17, 15) is 4.79 Å². The number of carbonyl (C=O) groups is 1. The maximum Gasteiger partial charge on any atom is 0.256 e. The lowest BCUT2D eigenvalue weighted by Crippen LogP contribution is -2.05. The van der Waals surface area contributed by atoms with Crippen molar-refractivity contribution in [3.63, 3.8) is 0 Å². The normalized spacial score (nSPS) is 21.4. The number of fused-ring (bicyclic) bond motifs is 1. The van der Waals surface area contributed by atoms with Gasteiger partial charge in [-0.15, -0.1) is 0 Å². The van der Waals surface area contributed by atoms with E-state index in [1.54, 1.807) is 12.1 Å². The largest absolute Gasteiger partial charge is 0.320 e. The van der Waals surface area contributed by atoms with E-state index in [0.717, 1.165) is 5.92 Å². The Labute approximate surface area is 116 Å². The van der Waals surface area contributed by atoms with Gasteiger partial charge in [-0.2, -0.15) is 0 Å². The molecule has 0 aromatic heterocycles. The Morgan fingerprint density at radius 2 is 1.72 bits per heavy atom.